The molecule has 1 aliphatic heterocycles. The van der Waals surface area contributed by atoms with E-state index < -0.39 is 45.6 Å². The van der Waals surface area contributed by atoms with Crippen molar-refractivity contribution in [3.63, 3.8) is 0 Å². The van der Waals surface area contributed by atoms with E-state index in [-0.39, 0.29) is 0 Å². The number of aliphatic hydroxyl groups excluding tert-OH is 1. The molecule has 1 heterocycles. The third-order valence-corrected chi connectivity index (χ3v) is 5.09. The van der Waals surface area contributed by atoms with Crippen LogP contribution in [0.2, 0.25) is 0 Å². The normalized spacial score (nSPS) is 24.2. The van der Waals surface area contributed by atoms with E-state index in [4.69, 9.17) is 9.16 Å². The molecule has 1 amide bonds. The summed E-state index contributed by atoms with van der Waals surface area (Å²) in [4.78, 5) is 25.6. The molecule has 0 radical (unpaired) electrons. The first-order valence-electron chi connectivity index (χ1n) is 6.97. The predicted molar refractivity (Wildman–Crippen MR) is 86.6 cm³/mol. The number of hydrogen-bond donors (Lipinski definition) is 1. The third kappa shape index (κ3) is 3.08. The van der Waals surface area contributed by atoms with Crippen LogP contribution in [0, 0.1) is 0 Å². The zero-order valence-corrected chi connectivity index (χ0v) is 15.1. The molecule has 6 nitrogen and oxygen atoms in total. The number of amides is 1. The number of carbonyl (C=O) groups excluding carboxylic acids is 2. The maximum Gasteiger partial charge on any atom is 0.331 e. The molecule has 1 N–H and O–H groups in total. The van der Waals surface area contributed by atoms with E-state index in [2.05, 4.69) is 8.79 Å². The van der Waals surface area contributed by atoms with E-state index in [1.165, 1.54) is 12.0 Å². The van der Waals surface area contributed by atoms with Crippen molar-refractivity contribution in [3.8, 4) is 0 Å². The highest BCUT2D eigenvalue weighted by atomic mass is 31.3. The van der Waals surface area contributed by atoms with Gasteiger partial charge in [-0.05, 0) is 12.5 Å². The second-order valence-corrected chi connectivity index (χ2v) is 6.72. The fourth-order valence-electron chi connectivity index (χ4n) is 2.69. The Morgan fingerprint density at radius 3 is 2.59 bits per heavy atom. The van der Waals surface area contributed by atoms with Crippen molar-refractivity contribution < 1.29 is 23.9 Å². The molecule has 0 saturated carbocycles. The molecule has 1 aromatic carbocycles. The number of hydrogen-bond acceptors (Lipinski definition) is 5. The number of methoxy groups -OCH3 is 1. The molecular formula is C14H20NO5PSi. The molecule has 5 unspecified atom stereocenters. The number of benzene rings is 1. The van der Waals surface area contributed by atoms with Gasteiger partial charge in [-0.1, -0.05) is 30.3 Å². The molecular weight excluding hydrogens is 321 g/mol. The molecule has 8 heteroatoms. The van der Waals surface area contributed by atoms with E-state index in [1.807, 2.05) is 30.3 Å². The van der Waals surface area contributed by atoms with Gasteiger partial charge >= 0.3 is 5.97 Å². The number of ether oxygens (including phenoxy) is 1. The second-order valence-electron chi connectivity index (χ2n) is 5.05. The maximum absolute atomic E-state index is 12.1. The molecule has 1 aromatic rings. The molecule has 0 aromatic heterocycles. The number of aliphatic hydroxyl groups is 1. The van der Waals surface area contributed by atoms with Crippen molar-refractivity contribution in [2.75, 3.05) is 7.11 Å². The van der Waals surface area contributed by atoms with Crippen LogP contribution in [-0.4, -0.2) is 56.7 Å². The molecule has 120 valence electrons. The summed E-state index contributed by atoms with van der Waals surface area (Å²) < 4.78 is 10.4. The summed E-state index contributed by atoms with van der Waals surface area (Å²) in [5.41, 5.74) is 0.777. The first-order chi connectivity index (χ1) is 10.5. The Kier molecular flexibility index (Phi) is 5.69. The lowest BCUT2D eigenvalue weighted by Crippen LogP contribution is -2.66. The summed E-state index contributed by atoms with van der Waals surface area (Å²) in [7, 11) is 2.98. The van der Waals surface area contributed by atoms with E-state index >= 15 is 0 Å². The van der Waals surface area contributed by atoms with Crippen LogP contribution in [0.15, 0.2) is 30.3 Å². The van der Waals surface area contributed by atoms with Gasteiger partial charge in [0.1, 0.15) is 0 Å². The van der Waals surface area contributed by atoms with E-state index in [0.717, 1.165) is 5.56 Å². The molecule has 5 atom stereocenters. The van der Waals surface area contributed by atoms with Gasteiger partial charge in [-0.15, -0.1) is 8.79 Å². The lowest BCUT2D eigenvalue weighted by molar-refractivity contribution is -0.185. The minimum absolute atomic E-state index is 0.481. The third-order valence-electron chi connectivity index (χ3n) is 3.79. The van der Waals surface area contributed by atoms with Gasteiger partial charge in [0.05, 0.1) is 19.3 Å². The Labute approximate surface area is 133 Å². The van der Waals surface area contributed by atoms with Crippen LogP contribution in [0.5, 0.6) is 0 Å². The van der Waals surface area contributed by atoms with Gasteiger partial charge in [0.2, 0.25) is 0 Å². The first-order valence-corrected chi connectivity index (χ1v) is 10.8. The van der Waals surface area contributed by atoms with E-state index in [1.54, 1.807) is 6.92 Å². The lowest BCUT2D eigenvalue weighted by Gasteiger charge is -2.49. The van der Waals surface area contributed by atoms with Gasteiger partial charge in [0.15, 0.2) is 21.6 Å². The van der Waals surface area contributed by atoms with Crippen molar-refractivity contribution in [1.82, 2.24) is 4.90 Å². The van der Waals surface area contributed by atoms with Crippen molar-refractivity contribution >= 4 is 30.1 Å². The molecule has 1 fully saturated rings. The molecule has 2 rings (SSSR count). The summed E-state index contributed by atoms with van der Waals surface area (Å²) in [6, 6.07) is 7.71. The SMILES string of the molecule is COC(=O)C(C(C)O[SiH2]P)N1C(=O)C(O)C1c1ccccc1. The Balaban J connectivity index is 2.32. The lowest BCUT2D eigenvalue weighted by atomic mass is 9.87. The van der Waals surface area contributed by atoms with Crippen molar-refractivity contribution in [2.24, 2.45) is 0 Å². The monoisotopic (exact) mass is 341 g/mol. The Morgan fingerprint density at radius 1 is 1.41 bits per heavy atom. The van der Waals surface area contributed by atoms with Gasteiger partial charge in [-0.3, -0.25) is 4.79 Å². The molecule has 0 spiro atoms. The Hall–Kier alpha value is -1.27. The minimum atomic E-state index is -1.14. The van der Waals surface area contributed by atoms with Crippen LogP contribution in [0.3, 0.4) is 0 Å². The van der Waals surface area contributed by atoms with Crippen molar-refractivity contribution in [3.05, 3.63) is 35.9 Å². The summed E-state index contributed by atoms with van der Waals surface area (Å²) in [6.45, 7) is 1.73. The maximum atomic E-state index is 12.1. The van der Waals surface area contributed by atoms with Crippen LogP contribution in [0.25, 0.3) is 0 Å². The highest BCUT2D eigenvalue weighted by Gasteiger charge is 2.53. The standard InChI is InChI=1S/C14H20NO5PSi/c1-8(20-22-21)10(14(18)19-2)15-11(12(16)13(15)17)9-6-4-3-5-7-9/h3-8,10-12,16H,21-22H2,1-2H3. The topological polar surface area (TPSA) is 76.1 Å². The van der Waals surface area contributed by atoms with Crippen molar-refractivity contribution in [1.29, 1.82) is 0 Å². The van der Waals surface area contributed by atoms with Gasteiger partial charge in [0, 0.05) is 0 Å². The van der Waals surface area contributed by atoms with Crippen LogP contribution < -0.4 is 0 Å². The number of β-lactam (4-membered cyclic amide) rings is 1. The molecule has 1 aliphatic rings. The zero-order chi connectivity index (χ0) is 16.3. The van der Waals surface area contributed by atoms with Crippen molar-refractivity contribution in [2.45, 2.75) is 31.2 Å². The highest BCUT2D eigenvalue weighted by Crippen LogP contribution is 2.38. The average Bonchev–Trinajstić information content (AvgIpc) is 2.54. The number of rotatable bonds is 6. The number of esters is 1. The smallest absolute Gasteiger partial charge is 0.331 e. The fraction of sp³-hybridized carbons (Fsp3) is 0.429. The van der Waals surface area contributed by atoms with Gasteiger partial charge in [-0.25, -0.2) is 4.79 Å². The number of carbonyl (C=O) groups is 2. The highest BCUT2D eigenvalue weighted by molar-refractivity contribution is 7.54. The van der Waals surface area contributed by atoms with Gasteiger partial charge in [-0.2, -0.15) is 0 Å². The predicted octanol–water partition coefficient (Wildman–Crippen LogP) is -0.249. The van der Waals surface area contributed by atoms with Crippen LogP contribution in [0.4, 0.5) is 0 Å². The average molecular weight is 341 g/mol. The zero-order valence-electron chi connectivity index (χ0n) is 12.5. The van der Waals surface area contributed by atoms with Gasteiger partial charge < -0.3 is 19.2 Å². The quantitative estimate of drug-likeness (QED) is 0.334. The van der Waals surface area contributed by atoms with E-state index in [9.17, 15) is 14.7 Å². The van der Waals surface area contributed by atoms with Crippen LogP contribution in [0.1, 0.15) is 18.5 Å². The molecule has 0 aliphatic carbocycles. The largest absolute Gasteiger partial charge is 0.467 e. The Morgan fingerprint density at radius 2 is 2.05 bits per heavy atom. The summed E-state index contributed by atoms with van der Waals surface area (Å²) in [5.74, 6) is -1.02. The second kappa shape index (κ2) is 7.33. The first kappa shape index (κ1) is 17.1. The van der Waals surface area contributed by atoms with Crippen LogP contribution in [-0.2, 0) is 18.8 Å². The van der Waals surface area contributed by atoms with Gasteiger partial charge in [0.25, 0.3) is 5.91 Å². The molecule has 1 saturated heterocycles. The Bertz CT molecular complexity index is 543. The summed E-state index contributed by atoms with van der Waals surface area (Å²) in [6.07, 6.45) is -1.63. The molecule has 0 bridgehead atoms. The minimum Gasteiger partial charge on any atom is -0.467 e. The summed E-state index contributed by atoms with van der Waals surface area (Å²) >= 11 is 0. The molecule has 22 heavy (non-hydrogen) atoms. The van der Waals surface area contributed by atoms with E-state index in [0.29, 0.717) is 0 Å². The fourth-order valence-corrected chi connectivity index (χ4v) is 4.09. The summed E-state index contributed by atoms with van der Waals surface area (Å²) in [5, 5.41) is 10.0. The number of likely N-dealkylation sites (tertiary alicyclic amines) is 1. The number of nitrogens with zero attached hydrogens (tertiary/aromatic N) is 1. The van der Waals surface area contributed by atoms with Crippen LogP contribution >= 0.6 is 8.79 Å².